The molecule has 5 aromatic carbocycles. The summed E-state index contributed by atoms with van der Waals surface area (Å²) in [6.45, 7) is 17.8. The first-order chi connectivity index (χ1) is 22.2. The second-order valence-corrected chi connectivity index (χ2v) is 12.3. The summed E-state index contributed by atoms with van der Waals surface area (Å²) in [5.74, 6) is -0.998. The number of aryl methyl sites for hydroxylation is 6. The van der Waals surface area contributed by atoms with E-state index in [0.717, 1.165) is 60.4 Å². The molecule has 5 aromatic rings. The van der Waals surface area contributed by atoms with Gasteiger partial charge in [-0.25, -0.2) is 9.59 Å². The van der Waals surface area contributed by atoms with Gasteiger partial charge in [0.1, 0.15) is 0 Å². The lowest BCUT2D eigenvalue weighted by Crippen LogP contribution is -2.18. The molecule has 0 aliphatic heterocycles. The van der Waals surface area contributed by atoms with E-state index < -0.39 is 11.9 Å². The molecule has 0 aliphatic rings. The second-order valence-electron chi connectivity index (χ2n) is 12.3. The summed E-state index contributed by atoms with van der Waals surface area (Å²) in [5, 5.41) is 9.94. The average Bonchev–Trinajstić information content (AvgIpc) is 3.09. The number of carbonyl (C=O) groups excluding carboxylic acids is 2. The summed E-state index contributed by atoms with van der Waals surface area (Å²) in [6.07, 6.45) is 7.06. The van der Waals surface area contributed by atoms with Crippen LogP contribution in [0, 0.1) is 0 Å². The van der Waals surface area contributed by atoms with Crippen molar-refractivity contribution in [2.45, 2.75) is 107 Å². The standard InChI is InChI=1S/C42H50O4/c1-11-23-24(12-2)26(14-4)32-20-34-28(16-6)36-22-38-30(18-8)40(42(44)46-10)39(41(43)45-9)29(17-7)37(38)21-35(36)27(15-5)33(34)19-31(32)25(23)13-3/h19-22H,11-18H2,1-10H3. The molecular formula is C42H50O4. The molecule has 0 saturated heterocycles. The molecule has 5 rings (SSSR count). The van der Waals surface area contributed by atoms with Gasteiger partial charge in [-0.05, 0) is 163 Å². The van der Waals surface area contributed by atoms with Crippen LogP contribution in [-0.2, 0) is 60.8 Å². The number of ether oxygens (including phenoxy) is 2. The Morgan fingerprint density at radius 1 is 0.370 bits per heavy atom. The van der Waals surface area contributed by atoms with E-state index >= 15 is 0 Å². The molecule has 0 spiro atoms. The quantitative estimate of drug-likeness (QED) is 0.115. The van der Waals surface area contributed by atoms with Gasteiger partial charge < -0.3 is 9.47 Å². The van der Waals surface area contributed by atoms with Gasteiger partial charge in [0.2, 0.25) is 0 Å². The third-order valence-electron chi connectivity index (χ3n) is 10.5. The van der Waals surface area contributed by atoms with Gasteiger partial charge in [-0.15, -0.1) is 0 Å². The van der Waals surface area contributed by atoms with Gasteiger partial charge >= 0.3 is 11.9 Å². The molecular weight excluding hydrogens is 568 g/mol. The Balaban J connectivity index is 2.09. The number of carbonyl (C=O) groups is 2. The summed E-state index contributed by atoms with van der Waals surface area (Å²) in [4.78, 5) is 26.6. The molecule has 0 heterocycles. The molecule has 242 valence electrons. The summed E-state index contributed by atoms with van der Waals surface area (Å²) in [6, 6.07) is 9.60. The molecule has 0 bridgehead atoms. The van der Waals surface area contributed by atoms with Crippen molar-refractivity contribution >= 4 is 55.0 Å². The summed E-state index contributed by atoms with van der Waals surface area (Å²) in [5.41, 5.74) is 11.1. The Morgan fingerprint density at radius 2 is 0.587 bits per heavy atom. The van der Waals surface area contributed by atoms with Crippen molar-refractivity contribution in [3.63, 3.8) is 0 Å². The van der Waals surface area contributed by atoms with Crippen LogP contribution in [0.3, 0.4) is 0 Å². The van der Waals surface area contributed by atoms with Crippen LogP contribution in [0.25, 0.3) is 43.1 Å². The predicted molar refractivity (Wildman–Crippen MR) is 194 cm³/mol. The van der Waals surface area contributed by atoms with E-state index in [1.54, 1.807) is 0 Å². The summed E-state index contributed by atoms with van der Waals surface area (Å²) < 4.78 is 10.5. The van der Waals surface area contributed by atoms with E-state index in [2.05, 4.69) is 65.8 Å². The molecule has 0 atom stereocenters. The van der Waals surface area contributed by atoms with Crippen LogP contribution in [0.2, 0.25) is 0 Å². The van der Waals surface area contributed by atoms with E-state index in [1.165, 1.54) is 79.9 Å². The van der Waals surface area contributed by atoms with Crippen LogP contribution in [0.5, 0.6) is 0 Å². The number of rotatable bonds is 10. The number of hydrogen-bond donors (Lipinski definition) is 0. The van der Waals surface area contributed by atoms with Gasteiger partial charge in [0, 0.05) is 0 Å². The minimum absolute atomic E-state index is 0.333. The van der Waals surface area contributed by atoms with Crippen LogP contribution >= 0.6 is 0 Å². The first-order valence-corrected chi connectivity index (χ1v) is 17.4. The Labute approximate surface area is 274 Å². The zero-order chi connectivity index (χ0) is 33.4. The minimum atomic E-state index is -0.499. The zero-order valence-electron chi connectivity index (χ0n) is 29.6. The number of benzene rings is 5. The maximum atomic E-state index is 13.3. The maximum absolute atomic E-state index is 13.3. The van der Waals surface area contributed by atoms with Crippen LogP contribution in [-0.4, -0.2) is 26.2 Å². The van der Waals surface area contributed by atoms with E-state index in [9.17, 15) is 9.59 Å². The van der Waals surface area contributed by atoms with Gasteiger partial charge in [-0.3, -0.25) is 0 Å². The number of hydrogen-bond acceptors (Lipinski definition) is 4. The average molecular weight is 619 g/mol. The fraction of sp³-hybridized carbons (Fsp3) is 0.429. The van der Waals surface area contributed by atoms with Gasteiger partial charge in [-0.1, -0.05) is 55.4 Å². The molecule has 0 amide bonds. The largest absolute Gasteiger partial charge is 0.465 e. The molecule has 0 radical (unpaired) electrons. The molecule has 0 N–H and O–H groups in total. The van der Waals surface area contributed by atoms with Crippen LogP contribution in [0.4, 0.5) is 0 Å². The first-order valence-electron chi connectivity index (χ1n) is 17.4. The van der Waals surface area contributed by atoms with E-state index in [0.29, 0.717) is 24.0 Å². The highest BCUT2D eigenvalue weighted by Crippen LogP contribution is 2.43. The third kappa shape index (κ3) is 4.87. The molecule has 46 heavy (non-hydrogen) atoms. The Morgan fingerprint density at radius 3 is 0.804 bits per heavy atom. The summed E-state index contributed by atoms with van der Waals surface area (Å²) >= 11 is 0. The smallest absolute Gasteiger partial charge is 0.339 e. The SMILES string of the molecule is CCc1c(CC)c(CC)c2cc3c(CC)c4cc5c(CC)c(C(=O)OC)c(C(=O)OC)c(CC)c5cc4c(CC)c3cc2c1CC. The zero-order valence-corrected chi connectivity index (χ0v) is 29.6. The van der Waals surface area contributed by atoms with Crippen molar-refractivity contribution in [3.05, 3.63) is 79.9 Å². The maximum Gasteiger partial charge on any atom is 0.339 e. The van der Waals surface area contributed by atoms with Crippen molar-refractivity contribution in [1.29, 1.82) is 0 Å². The fourth-order valence-corrected chi connectivity index (χ4v) is 8.56. The lowest BCUT2D eigenvalue weighted by molar-refractivity contribution is 0.0553. The lowest BCUT2D eigenvalue weighted by atomic mass is 9.80. The lowest BCUT2D eigenvalue weighted by Gasteiger charge is -2.24. The van der Waals surface area contributed by atoms with Crippen molar-refractivity contribution in [3.8, 4) is 0 Å². The highest BCUT2D eigenvalue weighted by molar-refractivity contribution is 6.18. The highest BCUT2D eigenvalue weighted by Gasteiger charge is 2.29. The van der Waals surface area contributed by atoms with Gasteiger partial charge in [0.25, 0.3) is 0 Å². The topological polar surface area (TPSA) is 52.6 Å². The minimum Gasteiger partial charge on any atom is -0.465 e. The summed E-state index contributed by atoms with van der Waals surface area (Å²) in [7, 11) is 2.75. The third-order valence-corrected chi connectivity index (χ3v) is 10.5. The Bertz CT molecular complexity index is 1880. The van der Waals surface area contributed by atoms with Crippen LogP contribution < -0.4 is 0 Å². The van der Waals surface area contributed by atoms with Crippen molar-refractivity contribution in [2.75, 3.05) is 14.2 Å². The van der Waals surface area contributed by atoms with Crippen molar-refractivity contribution < 1.29 is 19.1 Å². The second kappa shape index (κ2) is 13.4. The fourth-order valence-electron chi connectivity index (χ4n) is 8.56. The van der Waals surface area contributed by atoms with Crippen molar-refractivity contribution in [2.24, 2.45) is 0 Å². The molecule has 0 fully saturated rings. The Hall–Kier alpha value is -3.92. The number of esters is 2. The van der Waals surface area contributed by atoms with E-state index in [4.69, 9.17) is 9.47 Å². The monoisotopic (exact) mass is 618 g/mol. The van der Waals surface area contributed by atoms with Gasteiger partial charge in [0.15, 0.2) is 0 Å². The number of methoxy groups -OCH3 is 2. The van der Waals surface area contributed by atoms with E-state index in [-0.39, 0.29) is 0 Å². The number of fused-ring (bicyclic) bond motifs is 4. The molecule has 0 saturated carbocycles. The van der Waals surface area contributed by atoms with Crippen molar-refractivity contribution in [1.82, 2.24) is 0 Å². The van der Waals surface area contributed by atoms with Crippen LogP contribution in [0.15, 0.2) is 24.3 Å². The first kappa shape index (κ1) is 33.4. The normalized spacial score (nSPS) is 11.7. The molecule has 4 nitrogen and oxygen atoms in total. The van der Waals surface area contributed by atoms with Crippen LogP contribution in [0.1, 0.15) is 121 Å². The Kier molecular flexibility index (Phi) is 9.77. The van der Waals surface area contributed by atoms with Gasteiger partial charge in [-0.2, -0.15) is 0 Å². The van der Waals surface area contributed by atoms with E-state index in [1.807, 2.05) is 13.8 Å². The van der Waals surface area contributed by atoms with Gasteiger partial charge in [0.05, 0.1) is 25.3 Å². The molecule has 4 heteroatoms. The predicted octanol–water partition coefficient (Wildman–Crippen LogP) is 10.4. The molecule has 0 aliphatic carbocycles. The molecule has 0 unspecified atom stereocenters. The highest BCUT2D eigenvalue weighted by atomic mass is 16.5. The molecule has 0 aromatic heterocycles.